The molecule has 0 radical (unpaired) electrons. The fourth-order valence-electron chi connectivity index (χ4n) is 3.75. The number of hydrogen-bond acceptors (Lipinski definition) is 7. The zero-order valence-corrected chi connectivity index (χ0v) is 23.1. The van der Waals surface area contributed by atoms with Gasteiger partial charge in [0, 0.05) is 31.2 Å². The van der Waals surface area contributed by atoms with Crippen molar-refractivity contribution in [2.24, 2.45) is 40.3 Å². The van der Waals surface area contributed by atoms with E-state index < -0.39 is 5.54 Å². The molecule has 37 heavy (non-hydrogen) atoms. The standard InChI is InChI=1S/C19H26N2O.C9H14N2.C2H8N2/c1-13(2)18(20)19(21,15-7-5-14(3)6-8-15)16-9-11-17(22-4)12-10-16;1-7(10)9(11)8-5-3-2-4-6-8;3-1-2-4/h5-13,18H,20-21H2,1-4H3;2-7,9H,10-11H2,1H3;1-4H2/t18-,19?;7-,9+;/m11./s1. The third kappa shape index (κ3) is 9.55. The maximum atomic E-state index is 6.86. The van der Waals surface area contributed by atoms with Crippen LogP contribution < -0.4 is 39.1 Å². The second-order valence-electron chi connectivity index (χ2n) is 9.61. The van der Waals surface area contributed by atoms with E-state index in [9.17, 15) is 0 Å². The Morgan fingerprint density at radius 2 is 1.19 bits per heavy atom. The monoisotopic (exact) mass is 508 g/mol. The summed E-state index contributed by atoms with van der Waals surface area (Å²) < 4.78 is 5.24. The first-order valence-corrected chi connectivity index (χ1v) is 12.7. The Morgan fingerprint density at radius 3 is 1.57 bits per heavy atom. The fraction of sp³-hybridized carbons (Fsp3) is 0.400. The Morgan fingerprint density at radius 1 is 0.730 bits per heavy atom. The molecule has 3 aromatic rings. The van der Waals surface area contributed by atoms with E-state index in [2.05, 4.69) is 45.0 Å². The van der Waals surface area contributed by atoms with Crippen molar-refractivity contribution in [3.8, 4) is 5.75 Å². The van der Waals surface area contributed by atoms with Crippen LogP contribution in [0.1, 0.15) is 49.1 Å². The highest BCUT2D eigenvalue weighted by Crippen LogP contribution is 2.33. The van der Waals surface area contributed by atoms with Crippen molar-refractivity contribution >= 4 is 0 Å². The third-order valence-electron chi connectivity index (χ3n) is 6.26. The summed E-state index contributed by atoms with van der Waals surface area (Å²) in [5.74, 6) is 1.07. The van der Waals surface area contributed by atoms with Gasteiger partial charge in [-0.2, -0.15) is 0 Å². The molecule has 0 saturated carbocycles. The summed E-state index contributed by atoms with van der Waals surface area (Å²) in [6.07, 6.45) is 0. The molecule has 0 aliphatic heterocycles. The minimum Gasteiger partial charge on any atom is -0.497 e. The number of methoxy groups -OCH3 is 1. The molecule has 0 bridgehead atoms. The quantitative estimate of drug-likeness (QED) is 0.272. The van der Waals surface area contributed by atoms with Crippen LogP contribution in [-0.4, -0.2) is 32.3 Å². The number of ether oxygens (including phenoxy) is 1. The molecule has 3 aromatic carbocycles. The van der Waals surface area contributed by atoms with Crippen LogP contribution in [0.2, 0.25) is 0 Å². The predicted octanol–water partition coefficient (Wildman–Crippen LogP) is 3.13. The van der Waals surface area contributed by atoms with Crippen LogP contribution in [0, 0.1) is 12.8 Å². The minimum atomic E-state index is -0.728. The number of rotatable bonds is 8. The van der Waals surface area contributed by atoms with Crippen LogP contribution in [0.5, 0.6) is 5.75 Å². The molecule has 0 aromatic heterocycles. The molecule has 12 N–H and O–H groups in total. The van der Waals surface area contributed by atoms with Gasteiger partial charge >= 0.3 is 0 Å². The summed E-state index contributed by atoms with van der Waals surface area (Å²) in [5.41, 5.74) is 38.2. The van der Waals surface area contributed by atoms with Crippen molar-refractivity contribution in [2.45, 2.75) is 51.4 Å². The number of benzene rings is 3. The molecule has 204 valence electrons. The molecule has 0 heterocycles. The maximum Gasteiger partial charge on any atom is 0.118 e. The van der Waals surface area contributed by atoms with Crippen molar-refractivity contribution in [1.29, 1.82) is 0 Å². The number of hydrogen-bond donors (Lipinski definition) is 6. The van der Waals surface area contributed by atoms with E-state index in [1.54, 1.807) is 7.11 Å². The van der Waals surface area contributed by atoms with Crippen molar-refractivity contribution in [1.82, 2.24) is 0 Å². The van der Waals surface area contributed by atoms with Crippen molar-refractivity contribution in [2.75, 3.05) is 20.2 Å². The Hall–Kier alpha value is -2.78. The summed E-state index contributed by atoms with van der Waals surface area (Å²) in [7, 11) is 1.66. The fourth-order valence-corrected chi connectivity index (χ4v) is 3.75. The molecule has 0 spiro atoms. The van der Waals surface area contributed by atoms with Gasteiger partial charge in [0.25, 0.3) is 0 Å². The second-order valence-corrected chi connectivity index (χ2v) is 9.61. The smallest absolute Gasteiger partial charge is 0.118 e. The number of aryl methyl sites for hydroxylation is 1. The lowest BCUT2D eigenvalue weighted by Gasteiger charge is -2.39. The molecule has 1 unspecified atom stereocenters. The molecular formula is C30H48N6O. The largest absolute Gasteiger partial charge is 0.497 e. The molecular weight excluding hydrogens is 460 g/mol. The highest BCUT2D eigenvalue weighted by Gasteiger charge is 2.37. The Kier molecular flexibility index (Phi) is 14.1. The summed E-state index contributed by atoms with van der Waals surface area (Å²) in [6, 6.07) is 25.8. The highest BCUT2D eigenvalue weighted by molar-refractivity contribution is 5.43. The van der Waals surface area contributed by atoms with Crippen LogP contribution in [0.3, 0.4) is 0 Å². The summed E-state index contributed by atoms with van der Waals surface area (Å²) in [6.45, 7) is 9.38. The molecule has 7 heteroatoms. The first-order chi connectivity index (χ1) is 17.5. The van der Waals surface area contributed by atoms with Crippen LogP contribution in [0.15, 0.2) is 78.9 Å². The van der Waals surface area contributed by atoms with E-state index in [-0.39, 0.29) is 24.0 Å². The molecule has 0 aliphatic rings. The zero-order valence-electron chi connectivity index (χ0n) is 23.1. The lowest BCUT2D eigenvalue weighted by atomic mass is 9.74. The van der Waals surface area contributed by atoms with E-state index in [0.717, 1.165) is 22.4 Å². The first kappa shape index (κ1) is 32.2. The highest BCUT2D eigenvalue weighted by atomic mass is 16.5. The van der Waals surface area contributed by atoms with Crippen molar-refractivity contribution in [3.05, 3.63) is 101 Å². The average molecular weight is 509 g/mol. The zero-order chi connectivity index (χ0) is 28.0. The molecule has 7 nitrogen and oxygen atoms in total. The van der Waals surface area contributed by atoms with Gasteiger partial charge in [-0.15, -0.1) is 0 Å². The molecule has 3 rings (SSSR count). The van der Waals surface area contributed by atoms with Crippen LogP contribution in [-0.2, 0) is 5.54 Å². The summed E-state index contributed by atoms with van der Waals surface area (Å²) in [4.78, 5) is 0. The topological polar surface area (TPSA) is 165 Å². The third-order valence-corrected chi connectivity index (χ3v) is 6.26. The van der Waals surface area contributed by atoms with Crippen LogP contribution in [0.25, 0.3) is 0 Å². The normalized spacial score (nSPS) is 14.7. The Balaban J connectivity index is 0.000000379. The van der Waals surface area contributed by atoms with Crippen LogP contribution >= 0.6 is 0 Å². The van der Waals surface area contributed by atoms with Gasteiger partial charge in [0.2, 0.25) is 0 Å². The van der Waals surface area contributed by atoms with Gasteiger partial charge in [0.15, 0.2) is 0 Å². The molecule has 4 atom stereocenters. The molecule has 0 amide bonds. The van der Waals surface area contributed by atoms with Gasteiger partial charge in [-0.05, 0) is 48.6 Å². The minimum absolute atomic E-state index is 0.0115. The van der Waals surface area contributed by atoms with E-state index in [1.165, 1.54) is 5.56 Å². The SMILES string of the molecule is COc1ccc(C(N)(c2ccc(C)cc2)[C@H](N)C(C)C)cc1.C[C@@H](N)[C@H](N)c1ccccc1.NCCN. The van der Waals surface area contributed by atoms with Gasteiger partial charge in [0.1, 0.15) is 5.75 Å². The van der Waals surface area contributed by atoms with Crippen LogP contribution in [0.4, 0.5) is 0 Å². The molecule has 0 fully saturated rings. The summed E-state index contributed by atoms with van der Waals surface area (Å²) in [5, 5.41) is 0. The lowest BCUT2D eigenvalue weighted by molar-refractivity contribution is 0.337. The summed E-state index contributed by atoms with van der Waals surface area (Å²) >= 11 is 0. The van der Waals surface area contributed by atoms with Crippen molar-refractivity contribution < 1.29 is 4.74 Å². The van der Waals surface area contributed by atoms with E-state index in [1.807, 2.05) is 61.5 Å². The lowest BCUT2D eigenvalue weighted by Crippen LogP contribution is -2.55. The van der Waals surface area contributed by atoms with Gasteiger partial charge < -0.3 is 39.1 Å². The van der Waals surface area contributed by atoms with E-state index in [0.29, 0.717) is 13.1 Å². The van der Waals surface area contributed by atoms with Gasteiger partial charge in [-0.3, -0.25) is 0 Å². The Bertz CT molecular complexity index is 991. The average Bonchev–Trinajstić information content (AvgIpc) is 2.93. The maximum absolute atomic E-state index is 6.86. The predicted molar refractivity (Wildman–Crippen MR) is 157 cm³/mol. The van der Waals surface area contributed by atoms with E-state index >= 15 is 0 Å². The Labute approximate surface area is 223 Å². The van der Waals surface area contributed by atoms with Gasteiger partial charge in [0.05, 0.1) is 12.6 Å². The molecule has 0 saturated heterocycles. The van der Waals surface area contributed by atoms with Crippen molar-refractivity contribution in [3.63, 3.8) is 0 Å². The van der Waals surface area contributed by atoms with E-state index in [4.69, 9.17) is 39.1 Å². The second kappa shape index (κ2) is 16.1. The molecule has 0 aliphatic carbocycles. The van der Waals surface area contributed by atoms with Gasteiger partial charge in [-0.1, -0.05) is 86.1 Å². The van der Waals surface area contributed by atoms with Gasteiger partial charge in [-0.25, -0.2) is 0 Å². The number of nitrogens with two attached hydrogens (primary N) is 6. The first-order valence-electron chi connectivity index (χ1n) is 12.7.